The molecule has 0 atom stereocenters. The highest BCUT2D eigenvalue weighted by Gasteiger charge is 2.41. The Morgan fingerprint density at radius 3 is 1.81 bits per heavy atom. The van der Waals surface area contributed by atoms with Crippen LogP contribution in [0.2, 0.25) is 0 Å². The van der Waals surface area contributed by atoms with E-state index in [2.05, 4.69) is 0 Å². The molecular weight excluding hydrogens is 472 g/mol. The van der Waals surface area contributed by atoms with Gasteiger partial charge in [0.05, 0.1) is 25.1 Å². The van der Waals surface area contributed by atoms with Gasteiger partial charge < -0.3 is 9.47 Å². The van der Waals surface area contributed by atoms with Gasteiger partial charge in [0.1, 0.15) is 5.57 Å². The fourth-order valence-corrected chi connectivity index (χ4v) is 4.22. The van der Waals surface area contributed by atoms with Gasteiger partial charge in [-0.15, -0.1) is 0 Å². The highest BCUT2D eigenvalue weighted by atomic mass is 32.1. The number of ether oxygens (including phenoxy) is 2. The minimum Gasteiger partial charge on any atom is -0.493 e. The van der Waals surface area contributed by atoms with Gasteiger partial charge in [-0.2, -0.15) is 0 Å². The highest BCUT2D eigenvalue weighted by Crippen LogP contribution is 2.32. The Hall–Kier alpha value is -3.97. The molecule has 0 aromatic heterocycles. The van der Waals surface area contributed by atoms with Crippen LogP contribution in [-0.2, 0) is 9.59 Å². The van der Waals surface area contributed by atoms with Gasteiger partial charge in [-0.3, -0.25) is 19.4 Å². The fourth-order valence-electron chi connectivity index (χ4n) is 3.84. The molecule has 1 fully saturated rings. The number of carbonyl (C=O) groups is 2. The van der Waals surface area contributed by atoms with E-state index in [0.29, 0.717) is 35.0 Å². The standard InChI is InChI=1S/C29H28N2O4S/c1-5-16-35-25-15-10-21(18-26(25)34-4)17-24-27(32)30(22-11-6-19(2)7-12-22)29(36)31(28(24)33)23-13-8-20(3)9-14-23/h6-15,17-18H,5,16H2,1-4H3. The summed E-state index contributed by atoms with van der Waals surface area (Å²) in [6.45, 7) is 6.52. The Balaban J connectivity index is 1.81. The number of rotatable bonds is 7. The molecule has 36 heavy (non-hydrogen) atoms. The number of anilines is 2. The van der Waals surface area contributed by atoms with Crippen LogP contribution in [0.25, 0.3) is 6.08 Å². The van der Waals surface area contributed by atoms with Gasteiger partial charge in [0, 0.05) is 0 Å². The van der Waals surface area contributed by atoms with Crippen LogP contribution in [0.4, 0.5) is 11.4 Å². The van der Waals surface area contributed by atoms with E-state index < -0.39 is 11.8 Å². The van der Waals surface area contributed by atoms with Crippen molar-refractivity contribution in [2.24, 2.45) is 0 Å². The molecular formula is C29H28N2O4S. The van der Waals surface area contributed by atoms with Crippen molar-refractivity contribution in [3.8, 4) is 11.5 Å². The Morgan fingerprint density at radius 2 is 1.33 bits per heavy atom. The zero-order valence-electron chi connectivity index (χ0n) is 20.8. The summed E-state index contributed by atoms with van der Waals surface area (Å²) in [7, 11) is 1.55. The number of hydrogen-bond donors (Lipinski definition) is 0. The minimum absolute atomic E-state index is 0.00553. The maximum atomic E-state index is 13.7. The Morgan fingerprint density at radius 1 is 0.806 bits per heavy atom. The molecule has 1 aliphatic rings. The van der Waals surface area contributed by atoms with Crippen LogP contribution in [-0.4, -0.2) is 30.6 Å². The zero-order valence-corrected chi connectivity index (χ0v) is 21.6. The molecule has 0 spiro atoms. The number of thiocarbonyl (C=S) groups is 1. The molecule has 1 aliphatic heterocycles. The average Bonchev–Trinajstić information content (AvgIpc) is 2.88. The second-order valence-electron chi connectivity index (χ2n) is 8.55. The molecule has 4 rings (SSSR count). The van der Waals surface area contributed by atoms with Crippen molar-refractivity contribution in [3.05, 3.63) is 89.0 Å². The lowest BCUT2D eigenvalue weighted by Crippen LogP contribution is -2.56. The molecule has 3 aromatic carbocycles. The van der Waals surface area contributed by atoms with Gasteiger partial charge in [-0.05, 0) is 80.5 Å². The molecule has 1 heterocycles. The number of carbonyl (C=O) groups excluding carboxylic acids is 2. The average molecular weight is 501 g/mol. The maximum absolute atomic E-state index is 13.7. The molecule has 3 aromatic rings. The number of nitrogens with zero attached hydrogens (tertiary/aromatic N) is 2. The van der Waals surface area contributed by atoms with Crippen LogP contribution in [0.5, 0.6) is 11.5 Å². The summed E-state index contributed by atoms with van der Waals surface area (Å²) in [4.78, 5) is 30.2. The van der Waals surface area contributed by atoms with Crippen LogP contribution < -0.4 is 19.3 Å². The lowest BCUT2D eigenvalue weighted by atomic mass is 10.0. The van der Waals surface area contributed by atoms with Gasteiger partial charge in [0.25, 0.3) is 11.8 Å². The second kappa shape index (κ2) is 10.7. The van der Waals surface area contributed by atoms with Crippen molar-refractivity contribution in [2.45, 2.75) is 27.2 Å². The van der Waals surface area contributed by atoms with Gasteiger partial charge in [-0.1, -0.05) is 48.4 Å². The van der Waals surface area contributed by atoms with Crippen LogP contribution in [0, 0.1) is 13.8 Å². The first-order valence-electron chi connectivity index (χ1n) is 11.7. The minimum atomic E-state index is -0.484. The highest BCUT2D eigenvalue weighted by molar-refractivity contribution is 7.81. The van der Waals surface area contributed by atoms with E-state index in [1.165, 1.54) is 9.80 Å². The lowest BCUT2D eigenvalue weighted by molar-refractivity contribution is -0.120. The van der Waals surface area contributed by atoms with Gasteiger partial charge in [0.15, 0.2) is 16.6 Å². The molecule has 0 saturated carbocycles. The van der Waals surface area contributed by atoms with Crippen molar-refractivity contribution in [2.75, 3.05) is 23.5 Å². The van der Waals surface area contributed by atoms with Crippen molar-refractivity contribution < 1.29 is 19.1 Å². The van der Waals surface area contributed by atoms with Crippen LogP contribution in [0.3, 0.4) is 0 Å². The quantitative estimate of drug-likeness (QED) is 0.231. The summed E-state index contributed by atoms with van der Waals surface area (Å²) in [5, 5.41) is 0.107. The van der Waals surface area contributed by atoms with Gasteiger partial charge >= 0.3 is 0 Å². The second-order valence-corrected chi connectivity index (χ2v) is 8.92. The lowest BCUT2D eigenvalue weighted by Gasteiger charge is -2.36. The topological polar surface area (TPSA) is 59.1 Å². The molecule has 7 heteroatoms. The smallest absolute Gasteiger partial charge is 0.270 e. The van der Waals surface area contributed by atoms with Crippen LogP contribution in [0.1, 0.15) is 30.0 Å². The SMILES string of the molecule is CCCOc1ccc(C=C2C(=O)N(c3ccc(C)cc3)C(=S)N(c3ccc(C)cc3)C2=O)cc1OC. The fraction of sp³-hybridized carbons (Fsp3) is 0.207. The predicted molar refractivity (Wildman–Crippen MR) is 147 cm³/mol. The summed E-state index contributed by atoms with van der Waals surface area (Å²) >= 11 is 5.69. The first kappa shape index (κ1) is 25.1. The number of amides is 2. The summed E-state index contributed by atoms with van der Waals surface area (Å²) in [5.74, 6) is 0.159. The zero-order chi connectivity index (χ0) is 25.8. The van der Waals surface area contributed by atoms with Crippen molar-refractivity contribution in [3.63, 3.8) is 0 Å². The summed E-state index contributed by atoms with van der Waals surface area (Å²) < 4.78 is 11.2. The van der Waals surface area contributed by atoms with Crippen LogP contribution >= 0.6 is 12.2 Å². The molecule has 1 saturated heterocycles. The molecule has 0 N–H and O–H groups in total. The van der Waals surface area contributed by atoms with Crippen LogP contribution in [0.15, 0.2) is 72.3 Å². The van der Waals surface area contributed by atoms with Crippen molar-refractivity contribution in [1.29, 1.82) is 0 Å². The molecule has 2 amide bonds. The molecule has 6 nitrogen and oxygen atoms in total. The maximum Gasteiger partial charge on any atom is 0.270 e. The molecule has 0 radical (unpaired) electrons. The summed E-state index contributed by atoms with van der Waals surface area (Å²) in [6, 6.07) is 20.2. The van der Waals surface area contributed by atoms with E-state index in [1.54, 1.807) is 31.4 Å². The molecule has 0 aliphatic carbocycles. The molecule has 0 unspecified atom stereocenters. The summed E-state index contributed by atoms with van der Waals surface area (Å²) in [6.07, 6.45) is 2.43. The van der Waals surface area contributed by atoms with Crippen molar-refractivity contribution >= 4 is 46.6 Å². The first-order valence-corrected chi connectivity index (χ1v) is 12.1. The molecule has 184 valence electrons. The third kappa shape index (κ3) is 5.02. The molecule has 0 bridgehead atoms. The van der Waals surface area contributed by atoms with E-state index in [1.807, 2.05) is 69.3 Å². The third-order valence-corrected chi connectivity index (χ3v) is 6.16. The van der Waals surface area contributed by atoms with E-state index in [0.717, 1.165) is 17.5 Å². The van der Waals surface area contributed by atoms with Crippen molar-refractivity contribution in [1.82, 2.24) is 0 Å². The first-order chi connectivity index (χ1) is 17.3. The normalized spacial score (nSPS) is 13.8. The largest absolute Gasteiger partial charge is 0.493 e. The number of methoxy groups -OCH3 is 1. The third-order valence-electron chi connectivity index (χ3n) is 5.79. The van der Waals surface area contributed by atoms with E-state index in [-0.39, 0.29) is 10.7 Å². The van der Waals surface area contributed by atoms with E-state index >= 15 is 0 Å². The number of benzene rings is 3. The summed E-state index contributed by atoms with van der Waals surface area (Å²) in [5.41, 5.74) is 3.91. The van der Waals surface area contributed by atoms with E-state index in [9.17, 15) is 9.59 Å². The van der Waals surface area contributed by atoms with E-state index in [4.69, 9.17) is 21.7 Å². The van der Waals surface area contributed by atoms with Gasteiger partial charge in [0.2, 0.25) is 0 Å². The number of aryl methyl sites for hydroxylation is 2. The monoisotopic (exact) mass is 500 g/mol. The van der Waals surface area contributed by atoms with Gasteiger partial charge in [-0.25, -0.2) is 0 Å². The Labute approximate surface area is 216 Å². The Kier molecular flexibility index (Phi) is 7.50. The predicted octanol–water partition coefficient (Wildman–Crippen LogP) is 5.85. The number of hydrogen-bond acceptors (Lipinski definition) is 5. The Bertz CT molecular complexity index is 1260.